The molecule has 0 saturated heterocycles. The van der Waals surface area contributed by atoms with Gasteiger partial charge in [-0.2, -0.15) is 0 Å². The number of rotatable bonds is 9. The van der Waals surface area contributed by atoms with Gasteiger partial charge in [0.25, 0.3) is 5.91 Å². The average molecular weight is 468 g/mol. The zero-order valence-electron chi connectivity index (χ0n) is 17.4. The molecule has 0 radical (unpaired) electrons. The quantitative estimate of drug-likeness (QED) is 0.293. The molecule has 1 amide bonds. The number of imidazole rings is 1. The molecule has 1 aromatic carbocycles. The molecule has 4 aromatic rings. The molecule has 0 saturated carbocycles. The minimum atomic E-state index is -0.256. The third kappa shape index (κ3) is 5.63. The molecule has 4 rings (SSSR count). The van der Waals surface area contributed by atoms with Crippen molar-refractivity contribution >= 4 is 51.3 Å². The summed E-state index contributed by atoms with van der Waals surface area (Å²) < 4.78 is 2.04. The molecule has 0 atom stereocenters. The highest BCUT2D eigenvalue weighted by atomic mass is 35.5. The van der Waals surface area contributed by atoms with Gasteiger partial charge in [0.2, 0.25) is 0 Å². The van der Waals surface area contributed by atoms with Gasteiger partial charge in [-0.1, -0.05) is 41.1 Å². The molecule has 10 heteroatoms. The summed E-state index contributed by atoms with van der Waals surface area (Å²) >= 11 is 7.45. The van der Waals surface area contributed by atoms with E-state index in [1.54, 1.807) is 18.6 Å². The Morgan fingerprint density at radius 2 is 2.03 bits per heavy atom. The van der Waals surface area contributed by atoms with Crippen LogP contribution in [0.3, 0.4) is 0 Å². The minimum absolute atomic E-state index is 0.256. The molecule has 0 unspecified atom stereocenters. The van der Waals surface area contributed by atoms with Crippen molar-refractivity contribution in [1.82, 2.24) is 19.5 Å². The van der Waals surface area contributed by atoms with Gasteiger partial charge in [-0.25, -0.2) is 15.0 Å². The molecule has 3 N–H and O–H groups in total. The molecule has 3 heterocycles. The Balaban J connectivity index is 1.33. The second-order valence-electron chi connectivity index (χ2n) is 7.03. The summed E-state index contributed by atoms with van der Waals surface area (Å²) in [6.07, 6.45) is 8.01. The van der Waals surface area contributed by atoms with Gasteiger partial charge in [0.15, 0.2) is 5.13 Å². The van der Waals surface area contributed by atoms with E-state index in [1.807, 2.05) is 48.0 Å². The van der Waals surface area contributed by atoms with E-state index in [4.69, 9.17) is 11.6 Å². The van der Waals surface area contributed by atoms with Crippen molar-refractivity contribution in [1.29, 1.82) is 0 Å². The Morgan fingerprint density at radius 1 is 1.19 bits per heavy atom. The Hall–Kier alpha value is -3.43. The number of benzene rings is 1. The number of hydrogen-bond donors (Lipinski definition) is 3. The number of amides is 1. The van der Waals surface area contributed by atoms with Gasteiger partial charge >= 0.3 is 0 Å². The number of para-hydroxylation sites is 1. The van der Waals surface area contributed by atoms with E-state index in [2.05, 4.69) is 30.9 Å². The van der Waals surface area contributed by atoms with Gasteiger partial charge in [0.05, 0.1) is 23.2 Å². The third-order valence-electron chi connectivity index (χ3n) is 4.63. The number of thiazole rings is 1. The van der Waals surface area contributed by atoms with Crippen molar-refractivity contribution in [2.45, 2.75) is 19.9 Å². The van der Waals surface area contributed by atoms with Gasteiger partial charge < -0.3 is 20.5 Å². The Bertz CT molecular complexity index is 1170. The molecule has 0 aliphatic heterocycles. The zero-order chi connectivity index (χ0) is 22.3. The number of aromatic nitrogens is 4. The first-order valence-corrected chi connectivity index (χ1v) is 11.2. The van der Waals surface area contributed by atoms with Crippen LogP contribution in [0.4, 0.5) is 22.5 Å². The predicted octanol–water partition coefficient (Wildman–Crippen LogP) is 5.19. The lowest BCUT2D eigenvalue weighted by atomic mass is 10.2. The number of hydrogen-bond acceptors (Lipinski definition) is 7. The number of carbonyl (C=O) groups is 1. The zero-order valence-corrected chi connectivity index (χ0v) is 19.0. The van der Waals surface area contributed by atoms with Crippen molar-refractivity contribution in [3.05, 3.63) is 76.8 Å². The molecular weight excluding hydrogens is 446 g/mol. The van der Waals surface area contributed by atoms with E-state index in [-0.39, 0.29) is 5.91 Å². The topological polar surface area (TPSA) is 96.8 Å². The number of carbonyl (C=O) groups excluding carboxylic acids is 1. The molecule has 32 heavy (non-hydrogen) atoms. The van der Waals surface area contributed by atoms with Crippen LogP contribution >= 0.6 is 22.9 Å². The Kier molecular flexibility index (Phi) is 6.98. The average Bonchev–Trinajstić information content (AvgIpc) is 3.46. The van der Waals surface area contributed by atoms with Crippen LogP contribution in [0.5, 0.6) is 0 Å². The Morgan fingerprint density at radius 3 is 2.84 bits per heavy atom. The van der Waals surface area contributed by atoms with Crippen molar-refractivity contribution < 1.29 is 4.79 Å². The third-order valence-corrected chi connectivity index (χ3v) is 5.86. The minimum Gasteiger partial charge on any atom is -0.370 e. The summed E-state index contributed by atoms with van der Waals surface area (Å²) in [5.74, 6) is 1.16. The Labute approximate surface area is 194 Å². The lowest BCUT2D eigenvalue weighted by Gasteiger charge is -2.09. The molecule has 0 aliphatic rings. The molecule has 0 fully saturated rings. The van der Waals surface area contributed by atoms with Crippen LogP contribution in [-0.2, 0) is 6.54 Å². The highest BCUT2D eigenvalue weighted by Gasteiger charge is 2.14. The fourth-order valence-electron chi connectivity index (χ4n) is 3.01. The lowest BCUT2D eigenvalue weighted by molar-refractivity contribution is 0.103. The van der Waals surface area contributed by atoms with E-state index in [9.17, 15) is 4.79 Å². The number of nitrogens with zero attached hydrogens (tertiary/aromatic N) is 4. The molecule has 0 aliphatic carbocycles. The number of halogens is 1. The van der Waals surface area contributed by atoms with Crippen molar-refractivity contribution in [2.75, 3.05) is 22.5 Å². The second-order valence-corrected chi connectivity index (χ2v) is 8.47. The van der Waals surface area contributed by atoms with Crippen LogP contribution in [0, 0.1) is 6.92 Å². The first-order chi connectivity index (χ1) is 15.6. The molecule has 0 spiro atoms. The summed E-state index contributed by atoms with van der Waals surface area (Å²) in [6, 6.07) is 11.2. The first kappa shape index (κ1) is 21.8. The van der Waals surface area contributed by atoms with Gasteiger partial charge in [0.1, 0.15) is 16.5 Å². The monoisotopic (exact) mass is 467 g/mol. The van der Waals surface area contributed by atoms with Crippen LogP contribution in [0.25, 0.3) is 0 Å². The van der Waals surface area contributed by atoms with Crippen LogP contribution in [0.15, 0.2) is 61.3 Å². The highest BCUT2D eigenvalue weighted by Crippen LogP contribution is 2.28. The molecule has 164 valence electrons. The number of pyridine rings is 1. The van der Waals surface area contributed by atoms with Gasteiger partial charge in [-0.05, 0) is 37.1 Å². The summed E-state index contributed by atoms with van der Waals surface area (Å²) in [7, 11) is 0. The summed E-state index contributed by atoms with van der Waals surface area (Å²) in [5.41, 5.74) is 1.50. The van der Waals surface area contributed by atoms with Crippen LogP contribution in [-0.4, -0.2) is 32.0 Å². The first-order valence-electron chi connectivity index (χ1n) is 10.0. The SMILES string of the molecule is Cc1cccc(Cl)c1NC(=O)c1cnc(Nc2cccc(NCCCn3ccnc3)n2)s1. The normalized spacial score (nSPS) is 10.7. The summed E-state index contributed by atoms with van der Waals surface area (Å²) in [6.45, 7) is 3.58. The molecule has 3 aromatic heterocycles. The standard InChI is InChI=1S/C22H22ClN7OS/c1-15-5-2-6-16(23)20(15)29-21(31)17-13-26-22(32-17)28-19-8-3-7-18(27-19)25-9-4-11-30-12-10-24-14-30/h2-3,5-8,10,12-14H,4,9,11H2,1H3,(H,29,31)(H2,25,26,27,28). The predicted molar refractivity (Wildman–Crippen MR) is 129 cm³/mol. The highest BCUT2D eigenvalue weighted by molar-refractivity contribution is 7.17. The second kappa shape index (κ2) is 10.3. The number of nitrogens with one attached hydrogen (secondary N) is 3. The van der Waals surface area contributed by atoms with E-state index in [1.165, 1.54) is 17.5 Å². The van der Waals surface area contributed by atoms with Crippen molar-refractivity contribution in [3.8, 4) is 0 Å². The van der Waals surface area contributed by atoms with Crippen LogP contribution < -0.4 is 16.0 Å². The number of aryl methyl sites for hydroxylation is 2. The van der Waals surface area contributed by atoms with Crippen LogP contribution in [0.1, 0.15) is 21.7 Å². The van der Waals surface area contributed by atoms with Crippen molar-refractivity contribution in [2.24, 2.45) is 0 Å². The van der Waals surface area contributed by atoms with Gasteiger partial charge in [-0.3, -0.25) is 4.79 Å². The molecule has 8 nitrogen and oxygen atoms in total. The fraction of sp³-hybridized carbons (Fsp3) is 0.182. The van der Waals surface area contributed by atoms with E-state index in [0.29, 0.717) is 26.5 Å². The van der Waals surface area contributed by atoms with E-state index < -0.39 is 0 Å². The molecular formula is C22H22ClN7OS. The largest absolute Gasteiger partial charge is 0.370 e. The number of anilines is 4. The summed E-state index contributed by atoms with van der Waals surface area (Å²) in [5, 5.41) is 10.4. The lowest BCUT2D eigenvalue weighted by Crippen LogP contribution is -2.11. The van der Waals surface area contributed by atoms with E-state index >= 15 is 0 Å². The maximum atomic E-state index is 12.6. The van der Waals surface area contributed by atoms with E-state index in [0.717, 1.165) is 30.9 Å². The maximum Gasteiger partial charge on any atom is 0.267 e. The molecule has 0 bridgehead atoms. The smallest absolute Gasteiger partial charge is 0.267 e. The van der Waals surface area contributed by atoms with Gasteiger partial charge in [0, 0.05) is 25.5 Å². The fourth-order valence-corrected chi connectivity index (χ4v) is 4.00. The van der Waals surface area contributed by atoms with Crippen LogP contribution in [0.2, 0.25) is 5.02 Å². The van der Waals surface area contributed by atoms with Gasteiger partial charge in [-0.15, -0.1) is 0 Å². The summed E-state index contributed by atoms with van der Waals surface area (Å²) in [4.78, 5) is 26.0. The van der Waals surface area contributed by atoms with Crippen molar-refractivity contribution in [3.63, 3.8) is 0 Å². The maximum absolute atomic E-state index is 12.6.